The monoisotopic (exact) mass is 557 g/mol. The number of aromatic amines is 1. The van der Waals surface area contributed by atoms with Gasteiger partial charge in [0.25, 0.3) is 0 Å². The number of hydrogen-bond acceptors (Lipinski definition) is 5. The lowest BCUT2D eigenvalue weighted by atomic mass is 9.73. The van der Waals surface area contributed by atoms with E-state index in [9.17, 15) is 14.4 Å². The van der Waals surface area contributed by atoms with Gasteiger partial charge in [0.15, 0.2) is 5.78 Å². The van der Waals surface area contributed by atoms with E-state index in [2.05, 4.69) is 36.8 Å². The highest BCUT2D eigenvalue weighted by atomic mass is 79.9. The Balaban J connectivity index is 1.39. The van der Waals surface area contributed by atoms with Gasteiger partial charge in [-0.25, -0.2) is 0 Å². The molecule has 3 aromatic carbocycles. The average molecular weight is 558 g/mol. The third-order valence-electron chi connectivity index (χ3n) is 7.31. The summed E-state index contributed by atoms with van der Waals surface area (Å²) in [6.45, 7) is 1.25. The van der Waals surface area contributed by atoms with Crippen LogP contribution in [-0.4, -0.2) is 47.4 Å². The highest BCUT2D eigenvalue weighted by molar-refractivity contribution is 9.10. The van der Waals surface area contributed by atoms with E-state index in [1.54, 1.807) is 41.4 Å². The van der Waals surface area contributed by atoms with Crippen LogP contribution in [0.2, 0.25) is 0 Å². The number of fused-ring (bicyclic) bond motifs is 3. The van der Waals surface area contributed by atoms with E-state index in [0.29, 0.717) is 52.9 Å². The molecule has 0 radical (unpaired) electrons. The number of anilines is 2. The minimum absolute atomic E-state index is 0.0997. The standard InChI is InChI=1S/C28H24BrN5O3/c29-25-20(26(36)17-6-8-21-18(14-17)15-31-33-21)7-9-22-24(25)28(10-12-30-13-11-28)27(37)34(22)16-23(35)32-19-4-2-1-3-5-19/h1-9,14-15,30H,10-13,16H2,(H,31,33)(H,32,35). The molecule has 2 aliphatic rings. The largest absolute Gasteiger partial charge is 0.325 e. The van der Waals surface area contributed by atoms with Crippen molar-refractivity contribution in [1.29, 1.82) is 0 Å². The molecule has 1 spiro atoms. The molecule has 0 saturated carbocycles. The zero-order chi connectivity index (χ0) is 25.6. The SMILES string of the molecule is O=C(CN1C(=O)C2(CCNCC2)c2c1ccc(C(=O)c1ccc3[nH]ncc3c1)c2Br)Nc1ccccc1. The Hall–Kier alpha value is -3.82. The van der Waals surface area contributed by atoms with Crippen LogP contribution in [0.5, 0.6) is 0 Å². The molecule has 6 rings (SSSR count). The van der Waals surface area contributed by atoms with Crippen molar-refractivity contribution >= 4 is 55.8 Å². The van der Waals surface area contributed by atoms with Gasteiger partial charge in [-0.3, -0.25) is 19.5 Å². The van der Waals surface area contributed by atoms with Crippen molar-refractivity contribution in [2.45, 2.75) is 18.3 Å². The highest BCUT2D eigenvalue weighted by Crippen LogP contribution is 2.51. The quantitative estimate of drug-likeness (QED) is 0.319. The number of halogens is 1. The van der Waals surface area contributed by atoms with Crippen molar-refractivity contribution in [2.24, 2.45) is 0 Å². The molecule has 1 fully saturated rings. The van der Waals surface area contributed by atoms with Crippen molar-refractivity contribution in [1.82, 2.24) is 15.5 Å². The molecule has 4 aromatic rings. The Kier molecular flexibility index (Phi) is 5.89. The maximum absolute atomic E-state index is 13.9. The van der Waals surface area contributed by atoms with Crippen LogP contribution in [0.15, 0.2) is 71.3 Å². The Morgan fingerprint density at radius 3 is 2.62 bits per heavy atom. The average Bonchev–Trinajstić information content (AvgIpc) is 3.47. The predicted octanol–water partition coefficient (Wildman–Crippen LogP) is 4.16. The maximum atomic E-state index is 13.9. The van der Waals surface area contributed by atoms with E-state index >= 15 is 0 Å². The summed E-state index contributed by atoms with van der Waals surface area (Å²) in [6, 6.07) is 18.1. The van der Waals surface area contributed by atoms with Gasteiger partial charge in [0, 0.05) is 37.9 Å². The molecule has 9 heteroatoms. The molecule has 0 aliphatic carbocycles. The fourth-order valence-corrected chi connectivity index (χ4v) is 6.37. The maximum Gasteiger partial charge on any atom is 0.244 e. The van der Waals surface area contributed by atoms with E-state index in [4.69, 9.17) is 0 Å². The third kappa shape index (κ3) is 3.95. The van der Waals surface area contributed by atoms with Crippen LogP contribution in [0.25, 0.3) is 10.9 Å². The highest BCUT2D eigenvalue weighted by Gasteiger charge is 2.53. The van der Waals surface area contributed by atoms with Crippen LogP contribution in [0, 0.1) is 0 Å². The Morgan fingerprint density at radius 2 is 1.84 bits per heavy atom. The number of piperidine rings is 1. The van der Waals surface area contributed by atoms with Gasteiger partial charge in [-0.2, -0.15) is 5.10 Å². The summed E-state index contributed by atoms with van der Waals surface area (Å²) < 4.78 is 0.614. The van der Waals surface area contributed by atoms with E-state index in [1.807, 2.05) is 30.3 Å². The number of rotatable bonds is 5. The smallest absolute Gasteiger partial charge is 0.244 e. The molecule has 1 saturated heterocycles. The Labute approximate surface area is 221 Å². The van der Waals surface area contributed by atoms with Gasteiger partial charge in [0.05, 0.1) is 17.1 Å². The summed E-state index contributed by atoms with van der Waals surface area (Å²) >= 11 is 3.72. The first kappa shape index (κ1) is 23.6. The lowest BCUT2D eigenvalue weighted by molar-refractivity contribution is -0.125. The lowest BCUT2D eigenvalue weighted by Gasteiger charge is -2.33. The number of H-pyrrole nitrogens is 1. The summed E-state index contributed by atoms with van der Waals surface area (Å²) in [5, 5.41) is 14.0. The van der Waals surface area contributed by atoms with E-state index in [0.717, 1.165) is 16.5 Å². The van der Waals surface area contributed by atoms with Crippen LogP contribution in [0.1, 0.15) is 34.3 Å². The van der Waals surface area contributed by atoms with E-state index in [1.165, 1.54) is 0 Å². The van der Waals surface area contributed by atoms with Gasteiger partial charge in [-0.1, -0.05) is 18.2 Å². The number of nitrogens with zero attached hydrogens (tertiary/aromatic N) is 2. The normalized spacial score (nSPS) is 16.2. The second kappa shape index (κ2) is 9.24. The molecule has 186 valence electrons. The molecule has 0 bridgehead atoms. The summed E-state index contributed by atoms with van der Waals surface area (Å²) in [7, 11) is 0. The number of carbonyl (C=O) groups is 3. The molecule has 3 N–H and O–H groups in total. The van der Waals surface area contributed by atoms with Crippen molar-refractivity contribution in [3.63, 3.8) is 0 Å². The lowest BCUT2D eigenvalue weighted by Crippen LogP contribution is -2.48. The molecule has 1 aromatic heterocycles. The topological polar surface area (TPSA) is 107 Å². The van der Waals surface area contributed by atoms with Gasteiger partial charge in [-0.05, 0) is 84.3 Å². The van der Waals surface area contributed by atoms with Crippen molar-refractivity contribution in [3.05, 3.63) is 88.0 Å². The number of aromatic nitrogens is 2. The van der Waals surface area contributed by atoms with Crippen molar-refractivity contribution in [2.75, 3.05) is 29.9 Å². The first-order valence-electron chi connectivity index (χ1n) is 12.2. The van der Waals surface area contributed by atoms with Crippen molar-refractivity contribution < 1.29 is 14.4 Å². The number of ketones is 1. The van der Waals surface area contributed by atoms with Gasteiger partial charge < -0.3 is 15.5 Å². The van der Waals surface area contributed by atoms with Crippen LogP contribution in [-0.2, 0) is 15.0 Å². The van der Waals surface area contributed by atoms with Crippen molar-refractivity contribution in [3.8, 4) is 0 Å². The second-order valence-corrected chi connectivity index (χ2v) is 10.3. The summed E-state index contributed by atoms with van der Waals surface area (Å²) in [4.78, 5) is 42.1. The molecule has 37 heavy (non-hydrogen) atoms. The molecule has 2 amide bonds. The first-order valence-corrected chi connectivity index (χ1v) is 13.0. The summed E-state index contributed by atoms with van der Waals surface area (Å²) in [6.07, 6.45) is 2.87. The van der Waals surface area contributed by atoms with E-state index < -0.39 is 5.41 Å². The molecule has 0 atom stereocenters. The number of benzene rings is 3. The molecular formula is C28H24BrN5O3. The van der Waals surface area contributed by atoms with Gasteiger partial charge >= 0.3 is 0 Å². The molecule has 2 aliphatic heterocycles. The third-order valence-corrected chi connectivity index (χ3v) is 8.13. The number of para-hydroxylation sites is 1. The summed E-state index contributed by atoms with van der Waals surface area (Å²) in [5.41, 5.74) is 3.23. The minimum Gasteiger partial charge on any atom is -0.325 e. The molecule has 8 nitrogen and oxygen atoms in total. The predicted molar refractivity (Wildman–Crippen MR) is 145 cm³/mol. The van der Waals surface area contributed by atoms with E-state index in [-0.39, 0.29) is 24.1 Å². The van der Waals surface area contributed by atoms with Gasteiger partial charge in [0.2, 0.25) is 11.8 Å². The van der Waals surface area contributed by atoms with Gasteiger partial charge in [-0.15, -0.1) is 0 Å². The minimum atomic E-state index is -0.794. The summed E-state index contributed by atoms with van der Waals surface area (Å²) in [5.74, 6) is -0.520. The first-order chi connectivity index (χ1) is 18.0. The second-order valence-electron chi connectivity index (χ2n) is 9.46. The van der Waals surface area contributed by atoms with Crippen LogP contribution < -0.4 is 15.5 Å². The number of hydrogen-bond donors (Lipinski definition) is 3. The Bertz CT molecular complexity index is 1540. The zero-order valence-corrected chi connectivity index (χ0v) is 21.5. The number of carbonyl (C=O) groups excluding carboxylic acids is 3. The number of nitrogens with one attached hydrogen (secondary N) is 3. The molecular weight excluding hydrogens is 534 g/mol. The Morgan fingerprint density at radius 1 is 1.05 bits per heavy atom. The van der Waals surface area contributed by atoms with Crippen LogP contribution in [0.4, 0.5) is 11.4 Å². The molecule has 3 heterocycles. The fraction of sp³-hybridized carbons (Fsp3) is 0.214. The van der Waals surface area contributed by atoms with Crippen LogP contribution in [0.3, 0.4) is 0 Å². The number of amides is 2. The van der Waals surface area contributed by atoms with Gasteiger partial charge in [0.1, 0.15) is 6.54 Å². The fourth-order valence-electron chi connectivity index (χ4n) is 5.48. The zero-order valence-electron chi connectivity index (χ0n) is 19.9. The van der Waals surface area contributed by atoms with Crippen LogP contribution >= 0.6 is 15.9 Å². The molecule has 0 unspecified atom stereocenters.